The Labute approximate surface area is 436 Å². The summed E-state index contributed by atoms with van der Waals surface area (Å²) < 4.78 is 6.72. The molecule has 0 saturated carbocycles. The number of para-hydroxylation sites is 3. The maximum Gasteiger partial charge on any atom is 3.00 e. The summed E-state index contributed by atoms with van der Waals surface area (Å²) in [6.45, 7) is 17.2. The number of hydrogen-bond donors (Lipinski definition) is 4. The number of nitro benzene ring substituents is 1. The predicted octanol–water partition coefficient (Wildman–Crippen LogP) is 10.9. The Morgan fingerprint density at radius 1 is 0.658 bits per heavy atom. The third kappa shape index (κ3) is 10.5. The summed E-state index contributed by atoms with van der Waals surface area (Å²) in [5, 5.41) is 49.9. The zero-order valence-electron chi connectivity index (χ0n) is 43.0. The Hall–Kier alpha value is -7.89. The molecule has 0 saturated heterocycles. The van der Waals surface area contributed by atoms with E-state index in [9.17, 15) is 20.3 Å². The van der Waals surface area contributed by atoms with Crippen LogP contribution >= 0.6 is 0 Å². The van der Waals surface area contributed by atoms with E-state index >= 15 is 0 Å². The number of anilines is 3. The molecule has 5 aromatic rings. The van der Waals surface area contributed by atoms with Crippen LogP contribution < -0.4 is 21.1 Å². The number of fused-ring (bicyclic) bond motifs is 3. The van der Waals surface area contributed by atoms with E-state index in [0.717, 1.165) is 23.8 Å². The predicted molar refractivity (Wildman–Crippen MR) is 284 cm³/mol. The van der Waals surface area contributed by atoms with Crippen molar-refractivity contribution < 1.29 is 45.6 Å². The molecule has 4 aromatic carbocycles. The summed E-state index contributed by atoms with van der Waals surface area (Å²) in [5.74, 6) is 0.781. The molecule has 0 bridgehead atoms. The van der Waals surface area contributed by atoms with Crippen molar-refractivity contribution in [1.29, 1.82) is 0 Å². The largest absolute Gasteiger partial charge is 3.00 e. The molecule has 1 aliphatic carbocycles. The van der Waals surface area contributed by atoms with Gasteiger partial charge in [0.1, 0.15) is 32.9 Å². The molecule has 16 nitrogen and oxygen atoms in total. The van der Waals surface area contributed by atoms with Crippen molar-refractivity contribution in [1.82, 2.24) is 15.0 Å². The molecule has 1 aromatic heterocycles. The van der Waals surface area contributed by atoms with Crippen molar-refractivity contribution in [3.63, 3.8) is 0 Å². The first kappa shape index (κ1) is 52.9. The van der Waals surface area contributed by atoms with E-state index in [-0.39, 0.29) is 56.1 Å². The molecule has 4 aliphatic rings. The molecule has 0 fully saturated rings. The van der Waals surface area contributed by atoms with Gasteiger partial charge in [-0.25, -0.2) is 0 Å². The first-order valence-electron chi connectivity index (χ1n) is 23.8. The normalized spacial score (nSPS) is 19.1. The zero-order valence-corrected chi connectivity index (χ0v) is 44.0. The van der Waals surface area contributed by atoms with Gasteiger partial charge < -0.3 is 26.2 Å². The van der Waals surface area contributed by atoms with Crippen molar-refractivity contribution in [3.8, 4) is 5.75 Å². The van der Waals surface area contributed by atoms with Crippen molar-refractivity contribution in [2.45, 2.75) is 77.7 Å². The van der Waals surface area contributed by atoms with Gasteiger partial charge in [-0.1, -0.05) is 85.0 Å². The summed E-state index contributed by atoms with van der Waals surface area (Å²) in [5.41, 5.74) is 11.2. The Bertz CT molecular complexity index is 3020. The third-order valence-electron chi connectivity index (χ3n) is 14.0. The van der Waals surface area contributed by atoms with Crippen LogP contribution in [-0.4, -0.2) is 83.0 Å². The molecule has 2 atom stereocenters. The number of aliphatic hydroxyl groups excluding tert-OH is 1. The third-order valence-corrected chi connectivity index (χ3v) is 14.0. The summed E-state index contributed by atoms with van der Waals surface area (Å²) >= 11 is 0. The van der Waals surface area contributed by atoms with E-state index in [0.29, 0.717) is 17.8 Å². The van der Waals surface area contributed by atoms with Crippen LogP contribution in [0.25, 0.3) is 0 Å². The Morgan fingerprint density at radius 3 is 1.40 bits per heavy atom. The van der Waals surface area contributed by atoms with Crippen LogP contribution in [0, 0.1) is 16.0 Å². The van der Waals surface area contributed by atoms with E-state index < -0.39 is 16.7 Å². The molecule has 374 valence electrons. The maximum atomic E-state index is 11.6. The van der Waals surface area contributed by atoms with Crippen LogP contribution in [0.15, 0.2) is 162 Å². The SMILES string of the molecule is CC1=CC(C)C(N=Nc2cc([N+](=O)[O-])ccc2[O-])C(O)=C1.C[N+]1=C(C=CNc2nc(NC=CC3=[N+](C)c4ccccc4C3(C)C)nc(NC=CC3=[N+](C)c4ccccc4C3(C)C)n2)C(C)(C)c2ccccc21.[Co+3]. The van der Waals surface area contributed by atoms with E-state index in [4.69, 9.17) is 15.0 Å². The average molecular weight is 1030 g/mol. The van der Waals surface area contributed by atoms with Gasteiger partial charge >= 0.3 is 16.8 Å². The smallest absolute Gasteiger partial charge is 0.871 e. The number of rotatable bonds is 12. The van der Waals surface area contributed by atoms with Gasteiger partial charge in [0.2, 0.25) is 34.9 Å². The van der Waals surface area contributed by atoms with Crippen molar-refractivity contribution in [2.24, 2.45) is 16.1 Å². The fourth-order valence-electron chi connectivity index (χ4n) is 10.2. The fraction of sp³-hybridized carbons (Fsp3) is 0.286. The molecular weight excluding hydrogens is 964 g/mol. The van der Waals surface area contributed by atoms with Crippen LogP contribution in [0.2, 0.25) is 0 Å². The molecule has 0 spiro atoms. The summed E-state index contributed by atoms with van der Waals surface area (Å²) in [6.07, 6.45) is 15.5. The van der Waals surface area contributed by atoms with Gasteiger partial charge in [0.15, 0.2) is 17.1 Å². The average Bonchev–Trinajstić information content (AvgIpc) is 3.76. The standard InChI is InChI=1S/C42H45N9.C14H15N3O4.Co/c1-40(2)28-16-10-13-19-31(28)49(7)34(40)22-25-43-37-46-38(44-26-23-35-41(3,4)29-17-11-14-20-32(29)50(35)8)48-39(47-37)45-27-24-36-42(5,6)30-18-12-15-21-33(30)51(36)9;1-8-5-9(2)14(13(19)6-8)16-15-11-7-10(17(20)21)3-4-12(11)18;/h10-27H,1-9H3;3-7,9,14,18-19H,1-2H3;/q;;+3/p+2. The molecule has 3 aliphatic heterocycles. The minimum Gasteiger partial charge on any atom is -0.871 e. The minimum atomic E-state index is -0.606. The van der Waals surface area contributed by atoms with E-state index in [1.165, 1.54) is 50.9 Å². The number of aliphatic hydroxyl groups is 1. The van der Waals surface area contributed by atoms with Gasteiger partial charge in [0.25, 0.3) is 5.69 Å². The van der Waals surface area contributed by atoms with E-state index in [2.05, 4.69) is 194 Å². The first-order valence-corrected chi connectivity index (χ1v) is 23.8. The molecule has 0 amide bonds. The van der Waals surface area contributed by atoms with Gasteiger partial charge in [-0.2, -0.15) is 38.9 Å². The number of nitrogens with one attached hydrogen (secondary N) is 3. The van der Waals surface area contributed by atoms with Gasteiger partial charge in [0, 0.05) is 89.8 Å². The topological polar surface area (TPSA) is 195 Å². The number of hydrogen-bond acceptors (Lipinski definition) is 12. The van der Waals surface area contributed by atoms with Crippen molar-refractivity contribution >= 4 is 63.4 Å². The maximum absolute atomic E-state index is 11.6. The molecule has 4 N–H and O–H groups in total. The Balaban J connectivity index is 0.000000298. The first-order chi connectivity index (χ1) is 34.2. The monoisotopic (exact) mass is 1030 g/mol. The number of nitrogens with zero attached hydrogens (tertiary/aromatic N) is 9. The number of benzene rings is 4. The van der Waals surface area contributed by atoms with Crippen LogP contribution in [0.3, 0.4) is 0 Å². The number of nitro groups is 1. The molecule has 73 heavy (non-hydrogen) atoms. The Kier molecular flexibility index (Phi) is 15.3. The summed E-state index contributed by atoms with van der Waals surface area (Å²) in [6, 6.07) is 28.3. The molecular formula is C56H62CoN12O4+5. The Morgan fingerprint density at radius 2 is 1.04 bits per heavy atom. The van der Waals surface area contributed by atoms with E-state index in [1.807, 2.05) is 38.5 Å². The molecule has 9 rings (SSSR count). The molecule has 0 radical (unpaired) electrons. The van der Waals surface area contributed by atoms with Crippen LogP contribution in [0.1, 0.15) is 72.1 Å². The van der Waals surface area contributed by atoms with Gasteiger partial charge in [-0.15, -0.1) is 0 Å². The molecule has 4 heterocycles. The zero-order chi connectivity index (χ0) is 51.7. The number of non-ortho nitro benzene ring substituents is 1. The number of allylic oxidation sites excluding steroid dienone is 5. The second kappa shape index (κ2) is 21.1. The minimum absolute atomic E-state index is 0. The van der Waals surface area contributed by atoms with Crippen LogP contribution in [0.5, 0.6) is 5.75 Å². The quantitative estimate of drug-likeness (QED) is 0.0404. The van der Waals surface area contributed by atoms with Crippen LogP contribution in [-0.2, 0) is 33.0 Å². The van der Waals surface area contributed by atoms with Gasteiger partial charge in [-0.3, -0.25) is 10.1 Å². The van der Waals surface area contributed by atoms with Gasteiger partial charge in [-0.05, 0) is 54.5 Å². The van der Waals surface area contributed by atoms with Crippen molar-refractivity contribution in [2.75, 3.05) is 37.1 Å². The van der Waals surface area contributed by atoms with Crippen LogP contribution in [0.4, 0.5) is 46.3 Å². The second-order valence-corrected chi connectivity index (χ2v) is 19.9. The fourth-order valence-corrected chi connectivity index (χ4v) is 10.2. The number of azo groups is 1. The van der Waals surface area contributed by atoms with Crippen molar-refractivity contribution in [3.05, 3.63) is 178 Å². The van der Waals surface area contributed by atoms with E-state index in [1.54, 1.807) is 6.08 Å². The summed E-state index contributed by atoms with van der Waals surface area (Å²) in [4.78, 5) is 24.3. The molecule has 2 unspecified atom stereocenters. The summed E-state index contributed by atoms with van der Waals surface area (Å²) in [7, 11) is 6.33. The van der Waals surface area contributed by atoms with Gasteiger partial charge in [0.05, 0.1) is 26.9 Å². The number of aromatic nitrogens is 3. The molecule has 17 heteroatoms. The second-order valence-electron chi connectivity index (χ2n) is 19.9.